The molecular formula is C14H6Br2Cl2F2N2. The monoisotopic (exact) mass is 468 g/mol. The van der Waals surface area contributed by atoms with Crippen molar-refractivity contribution >= 4 is 65.4 Å². The summed E-state index contributed by atoms with van der Waals surface area (Å²) in [7, 11) is 0. The molecule has 0 fully saturated rings. The normalized spacial score (nSPS) is 12.6. The summed E-state index contributed by atoms with van der Waals surface area (Å²) < 4.78 is 28.6. The number of rotatable bonds is 3. The lowest BCUT2D eigenvalue weighted by molar-refractivity contribution is 0.578. The molecule has 114 valence electrons. The molecule has 0 aliphatic heterocycles. The van der Waals surface area contributed by atoms with Crippen molar-refractivity contribution in [2.45, 2.75) is 0 Å². The first-order valence-electron chi connectivity index (χ1n) is 5.76. The van der Waals surface area contributed by atoms with Gasteiger partial charge in [-0.05, 0) is 24.3 Å². The molecule has 0 aliphatic carbocycles. The van der Waals surface area contributed by atoms with Crippen LogP contribution in [0.4, 0.5) is 8.78 Å². The van der Waals surface area contributed by atoms with Crippen molar-refractivity contribution in [1.29, 1.82) is 0 Å². The van der Waals surface area contributed by atoms with Crippen LogP contribution in [0.5, 0.6) is 0 Å². The van der Waals surface area contributed by atoms with Crippen LogP contribution in [0.3, 0.4) is 0 Å². The third kappa shape index (κ3) is 4.35. The van der Waals surface area contributed by atoms with Crippen LogP contribution >= 0.6 is 55.1 Å². The first-order chi connectivity index (χ1) is 10.4. The Morgan fingerprint density at radius 1 is 0.818 bits per heavy atom. The molecule has 2 rings (SSSR count). The van der Waals surface area contributed by atoms with Gasteiger partial charge in [0.2, 0.25) is 0 Å². The summed E-state index contributed by atoms with van der Waals surface area (Å²) in [6.07, 6.45) is 0. The zero-order chi connectivity index (χ0) is 16.3. The lowest BCUT2D eigenvalue weighted by Crippen LogP contribution is -2.01. The minimum Gasteiger partial charge on any atom is -0.206 e. The van der Waals surface area contributed by atoms with Crippen molar-refractivity contribution in [2.75, 3.05) is 0 Å². The van der Waals surface area contributed by atoms with Gasteiger partial charge in [-0.15, -0.1) is 10.2 Å². The molecule has 8 heteroatoms. The molecule has 0 bridgehead atoms. The maximum absolute atomic E-state index is 13.7. The van der Waals surface area contributed by atoms with Crippen LogP contribution in [0.25, 0.3) is 0 Å². The summed E-state index contributed by atoms with van der Waals surface area (Å²) in [5.74, 6) is -1.70. The largest absolute Gasteiger partial charge is 0.206 e. The molecule has 2 nitrogen and oxygen atoms in total. The molecule has 2 aromatic carbocycles. The van der Waals surface area contributed by atoms with Crippen LogP contribution in [-0.4, -0.2) is 10.3 Å². The fourth-order valence-electron chi connectivity index (χ4n) is 1.52. The molecule has 2 aromatic rings. The van der Waals surface area contributed by atoms with Crippen LogP contribution in [0.2, 0.25) is 0 Å². The van der Waals surface area contributed by atoms with E-state index in [1.807, 2.05) is 0 Å². The van der Waals surface area contributed by atoms with Crippen LogP contribution < -0.4 is 0 Å². The van der Waals surface area contributed by atoms with E-state index >= 15 is 0 Å². The smallest absolute Gasteiger partial charge is 0.164 e. The van der Waals surface area contributed by atoms with E-state index < -0.39 is 22.4 Å². The third-order valence-electron chi connectivity index (χ3n) is 2.52. The molecule has 0 N–H and O–H groups in total. The van der Waals surface area contributed by atoms with Gasteiger partial charge in [-0.25, -0.2) is 8.78 Å². The summed E-state index contributed by atoms with van der Waals surface area (Å²) in [6, 6.07) is 9.12. The van der Waals surface area contributed by atoms with Gasteiger partial charge >= 0.3 is 0 Å². The summed E-state index contributed by atoms with van der Waals surface area (Å²) in [4.78, 5) is 0. The summed E-state index contributed by atoms with van der Waals surface area (Å²) in [5, 5.41) is 6.87. The van der Waals surface area contributed by atoms with Gasteiger partial charge in [-0.3, -0.25) is 0 Å². The van der Waals surface area contributed by atoms with Gasteiger partial charge in [-0.1, -0.05) is 67.2 Å². The predicted octanol–water partition coefficient (Wildman–Crippen LogP) is 6.08. The minimum absolute atomic E-state index is 0.0450. The van der Waals surface area contributed by atoms with Gasteiger partial charge in [0.25, 0.3) is 0 Å². The Morgan fingerprint density at radius 3 is 1.86 bits per heavy atom. The molecular weight excluding hydrogens is 465 g/mol. The van der Waals surface area contributed by atoms with E-state index in [2.05, 4.69) is 42.1 Å². The first kappa shape index (κ1) is 17.5. The van der Waals surface area contributed by atoms with Crippen LogP contribution in [-0.2, 0) is 0 Å². The van der Waals surface area contributed by atoms with Crippen LogP contribution in [0, 0.1) is 11.6 Å². The number of hydrogen-bond acceptors (Lipinski definition) is 2. The van der Waals surface area contributed by atoms with E-state index in [1.54, 1.807) is 24.3 Å². The van der Waals surface area contributed by atoms with Crippen molar-refractivity contribution < 1.29 is 8.78 Å². The first-order valence-corrected chi connectivity index (χ1v) is 8.10. The van der Waals surface area contributed by atoms with Crippen molar-refractivity contribution in [3.05, 3.63) is 68.1 Å². The number of halogens is 6. The molecule has 0 unspecified atom stereocenters. The van der Waals surface area contributed by atoms with E-state index in [-0.39, 0.29) is 9.64 Å². The average molecular weight is 471 g/mol. The Kier molecular flexibility index (Phi) is 6.09. The Hall–Kier alpha value is -0.820. The number of nitrogens with zero attached hydrogens (tertiary/aromatic N) is 2. The molecule has 22 heavy (non-hydrogen) atoms. The Bertz CT molecular complexity index is 739. The fraction of sp³-hybridized carbons (Fsp3) is 0. The second-order valence-corrected chi connectivity index (χ2v) is 6.58. The second kappa shape index (κ2) is 7.64. The molecule has 0 saturated carbocycles. The van der Waals surface area contributed by atoms with E-state index in [0.29, 0.717) is 5.56 Å². The van der Waals surface area contributed by atoms with E-state index in [0.717, 1.165) is 16.6 Å². The standard InChI is InChI=1S/C14H6Br2Cl2F2N2/c15-8-3-1-7(2-4-8)13(17)21-22-14(18)12-10(19)5-9(16)6-11(12)20/h1-6H. The van der Waals surface area contributed by atoms with Gasteiger partial charge in [0.1, 0.15) is 11.6 Å². The predicted molar refractivity (Wildman–Crippen MR) is 93.0 cm³/mol. The van der Waals surface area contributed by atoms with Gasteiger partial charge in [0.05, 0.1) is 5.56 Å². The molecule has 0 atom stereocenters. The molecule has 0 amide bonds. The quantitative estimate of drug-likeness (QED) is 0.384. The maximum Gasteiger partial charge on any atom is 0.164 e. The van der Waals surface area contributed by atoms with Gasteiger partial charge in [0.15, 0.2) is 10.3 Å². The van der Waals surface area contributed by atoms with E-state index in [9.17, 15) is 8.78 Å². The van der Waals surface area contributed by atoms with E-state index in [4.69, 9.17) is 23.2 Å². The number of hydrogen-bond donors (Lipinski definition) is 0. The highest BCUT2D eigenvalue weighted by Crippen LogP contribution is 2.21. The molecule has 0 radical (unpaired) electrons. The molecule has 0 heterocycles. The second-order valence-electron chi connectivity index (χ2n) is 4.03. The molecule has 0 spiro atoms. The minimum atomic E-state index is -0.851. The SMILES string of the molecule is Fc1cc(Br)cc(F)c1C(Cl)=NN=C(Cl)c1ccc(Br)cc1. The zero-order valence-electron chi connectivity index (χ0n) is 10.6. The Labute approximate surface area is 152 Å². The van der Waals surface area contributed by atoms with Gasteiger partial charge < -0.3 is 0 Å². The van der Waals surface area contributed by atoms with Gasteiger partial charge in [-0.2, -0.15) is 0 Å². The van der Waals surface area contributed by atoms with Crippen molar-refractivity contribution in [3.8, 4) is 0 Å². The van der Waals surface area contributed by atoms with Gasteiger partial charge in [0, 0.05) is 14.5 Å². The lowest BCUT2D eigenvalue weighted by Gasteiger charge is -2.02. The maximum atomic E-state index is 13.7. The summed E-state index contributed by atoms with van der Waals surface area (Å²) in [5.41, 5.74) is 0.128. The number of benzene rings is 2. The van der Waals surface area contributed by atoms with Crippen molar-refractivity contribution in [1.82, 2.24) is 0 Å². The zero-order valence-corrected chi connectivity index (χ0v) is 15.3. The topological polar surface area (TPSA) is 24.7 Å². The highest BCUT2D eigenvalue weighted by Gasteiger charge is 2.15. The fourth-order valence-corrected chi connectivity index (χ4v) is 2.57. The summed E-state index contributed by atoms with van der Waals surface area (Å²) >= 11 is 18.0. The Morgan fingerprint density at radius 2 is 1.32 bits per heavy atom. The third-order valence-corrected chi connectivity index (χ3v) is 4.07. The highest BCUT2D eigenvalue weighted by molar-refractivity contribution is 9.10. The van der Waals surface area contributed by atoms with Crippen LogP contribution in [0.1, 0.15) is 11.1 Å². The summed E-state index contributed by atoms with van der Waals surface area (Å²) in [6.45, 7) is 0. The Balaban J connectivity index is 2.33. The van der Waals surface area contributed by atoms with E-state index in [1.165, 1.54) is 0 Å². The lowest BCUT2D eigenvalue weighted by atomic mass is 10.2. The van der Waals surface area contributed by atoms with Crippen molar-refractivity contribution in [2.24, 2.45) is 10.2 Å². The average Bonchev–Trinajstić information content (AvgIpc) is 2.44. The molecule has 0 saturated heterocycles. The molecule has 0 aliphatic rings. The highest BCUT2D eigenvalue weighted by atomic mass is 79.9. The van der Waals surface area contributed by atoms with Crippen molar-refractivity contribution in [3.63, 3.8) is 0 Å². The van der Waals surface area contributed by atoms with Crippen LogP contribution in [0.15, 0.2) is 55.5 Å². The molecule has 0 aromatic heterocycles.